The van der Waals surface area contributed by atoms with Crippen molar-refractivity contribution in [2.45, 2.75) is 26.5 Å². The van der Waals surface area contributed by atoms with Gasteiger partial charge in [0.1, 0.15) is 0 Å². The van der Waals surface area contributed by atoms with Crippen LogP contribution in [0.3, 0.4) is 0 Å². The van der Waals surface area contributed by atoms with Gasteiger partial charge in [0.2, 0.25) is 6.41 Å². The Bertz CT molecular complexity index is 419. The minimum atomic E-state index is -1.00. The molecular formula is C14H19NO3. The molecule has 0 saturated carbocycles. The molecule has 2 unspecified atom stereocenters. The third-order valence-electron chi connectivity index (χ3n) is 2.82. The fourth-order valence-corrected chi connectivity index (χ4v) is 2.06. The zero-order valence-corrected chi connectivity index (χ0v) is 10.7. The highest BCUT2D eigenvalue weighted by molar-refractivity contribution is 5.71. The van der Waals surface area contributed by atoms with Gasteiger partial charge in [0.15, 0.2) is 6.23 Å². The Morgan fingerprint density at radius 1 is 1.28 bits per heavy atom. The summed E-state index contributed by atoms with van der Waals surface area (Å²) in [6.07, 6.45) is 2.63. The predicted octanol–water partition coefficient (Wildman–Crippen LogP) is 2.19. The van der Waals surface area contributed by atoms with Crippen LogP contribution in [-0.2, 0) is 9.47 Å². The summed E-state index contributed by atoms with van der Waals surface area (Å²) in [5.41, 5.74) is 1.96. The summed E-state index contributed by atoms with van der Waals surface area (Å²) in [6.45, 7) is 4.80. The molecule has 0 spiro atoms. The fourth-order valence-electron chi connectivity index (χ4n) is 2.06. The molecule has 1 aromatic carbocycles. The molecule has 4 heteroatoms. The Kier molecular flexibility index (Phi) is 4.36. The number of nitrogens with zero attached hydrogens (tertiary/aromatic N) is 1. The van der Waals surface area contributed by atoms with Crippen molar-refractivity contribution in [3.05, 3.63) is 35.9 Å². The molecule has 0 aromatic heterocycles. The number of aliphatic hydroxyl groups is 1. The summed E-state index contributed by atoms with van der Waals surface area (Å²) >= 11 is 0. The summed E-state index contributed by atoms with van der Waals surface area (Å²) in [7, 11) is 0. The molecule has 0 aliphatic carbocycles. The largest absolute Gasteiger partial charge is 0.355 e. The highest BCUT2D eigenvalue weighted by atomic mass is 16.6. The van der Waals surface area contributed by atoms with Gasteiger partial charge in [0, 0.05) is 13.2 Å². The van der Waals surface area contributed by atoms with Gasteiger partial charge >= 0.3 is 0 Å². The van der Waals surface area contributed by atoms with E-state index < -0.39 is 6.41 Å². The highest BCUT2D eigenvalue weighted by Gasteiger charge is 2.28. The molecule has 98 valence electrons. The van der Waals surface area contributed by atoms with Crippen LogP contribution in [0, 0.1) is 0 Å². The highest BCUT2D eigenvalue weighted by Crippen LogP contribution is 2.30. The van der Waals surface area contributed by atoms with Crippen molar-refractivity contribution in [2.75, 3.05) is 18.1 Å². The van der Waals surface area contributed by atoms with Gasteiger partial charge in [-0.05, 0) is 31.6 Å². The van der Waals surface area contributed by atoms with Crippen LogP contribution in [0.1, 0.15) is 19.4 Å². The van der Waals surface area contributed by atoms with Crippen LogP contribution >= 0.6 is 0 Å². The molecule has 0 bridgehead atoms. The molecule has 4 nitrogen and oxygen atoms in total. The van der Waals surface area contributed by atoms with Gasteiger partial charge in [-0.25, -0.2) is 0 Å². The quantitative estimate of drug-likeness (QED) is 0.812. The molecule has 1 heterocycles. The topological polar surface area (TPSA) is 41.9 Å². The van der Waals surface area contributed by atoms with E-state index in [1.807, 2.05) is 50.3 Å². The van der Waals surface area contributed by atoms with Gasteiger partial charge < -0.3 is 14.6 Å². The SMILES string of the molecule is CCOC(O)N1c2ccccc2C=CC1OCC. The number of rotatable bonds is 5. The number of para-hydroxylation sites is 1. The molecule has 18 heavy (non-hydrogen) atoms. The molecule has 0 saturated heterocycles. The van der Waals surface area contributed by atoms with Crippen LogP contribution in [0.25, 0.3) is 6.08 Å². The molecule has 1 aliphatic rings. The Morgan fingerprint density at radius 2 is 2.06 bits per heavy atom. The number of hydrogen-bond donors (Lipinski definition) is 1. The lowest BCUT2D eigenvalue weighted by Crippen LogP contribution is -2.47. The van der Waals surface area contributed by atoms with Crippen LogP contribution in [0.15, 0.2) is 30.3 Å². The van der Waals surface area contributed by atoms with Gasteiger partial charge in [-0.2, -0.15) is 0 Å². The molecular weight excluding hydrogens is 230 g/mol. The number of aliphatic hydroxyl groups excluding tert-OH is 1. The van der Waals surface area contributed by atoms with Crippen molar-refractivity contribution < 1.29 is 14.6 Å². The maximum atomic E-state index is 10.1. The maximum absolute atomic E-state index is 10.1. The summed E-state index contributed by atoms with van der Waals surface area (Å²) in [4.78, 5) is 1.74. The van der Waals surface area contributed by atoms with Crippen LogP contribution in [0.4, 0.5) is 5.69 Å². The smallest absolute Gasteiger partial charge is 0.240 e. The van der Waals surface area contributed by atoms with E-state index in [-0.39, 0.29) is 6.23 Å². The van der Waals surface area contributed by atoms with E-state index in [4.69, 9.17) is 9.47 Å². The van der Waals surface area contributed by atoms with Crippen molar-refractivity contribution in [2.24, 2.45) is 0 Å². The van der Waals surface area contributed by atoms with E-state index in [2.05, 4.69) is 0 Å². The van der Waals surface area contributed by atoms with Gasteiger partial charge in [0.25, 0.3) is 0 Å². The molecule has 2 atom stereocenters. The van der Waals surface area contributed by atoms with Crippen molar-refractivity contribution >= 4 is 11.8 Å². The Balaban J connectivity index is 2.32. The predicted molar refractivity (Wildman–Crippen MR) is 71.0 cm³/mol. The van der Waals surface area contributed by atoms with E-state index in [1.54, 1.807) is 4.90 Å². The van der Waals surface area contributed by atoms with Gasteiger partial charge in [0.05, 0.1) is 5.69 Å². The maximum Gasteiger partial charge on any atom is 0.240 e. The number of benzene rings is 1. The van der Waals surface area contributed by atoms with E-state index in [0.717, 1.165) is 11.3 Å². The lowest BCUT2D eigenvalue weighted by atomic mass is 10.1. The Hall–Kier alpha value is -1.36. The third kappa shape index (κ3) is 2.56. The van der Waals surface area contributed by atoms with E-state index in [1.165, 1.54) is 0 Å². The second kappa shape index (κ2) is 6.00. The number of ether oxygens (including phenoxy) is 2. The molecule has 1 aliphatic heterocycles. The zero-order chi connectivity index (χ0) is 13.0. The zero-order valence-electron chi connectivity index (χ0n) is 10.7. The Labute approximate surface area is 107 Å². The summed E-state index contributed by atoms with van der Waals surface area (Å²) < 4.78 is 10.9. The molecule has 0 fully saturated rings. The molecule has 0 amide bonds. The minimum absolute atomic E-state index is 0.300. The second-order valence-electron chi connectivity index (χ2n) is 3.95. The van der Waals surface area contributed by atoms with Gasteiger partial charge in [-0.1, -0.05) is 24.3 Å². The second-order valence-corrected chi connectivity index (χ2v) is 3.95. The first-order chi connectivity index (χ1) is 8.77. The summed E-state index contributed by atoms with van der Waals surface area (Å²) in [5.74, 6) is 0. The first-order valence-corrected chi connectivity index (χ1v) is 6.24. The monoisotopic (exact) mass is 249 g/mol. The average Bonchev–Trinajstić information content (AvgIpc) is 2.39. The third-order valence-corrected chi connectivity index (χ3v) is 2.82. The molecule has 0 radical (unpaired) electrons. The van der Waals surface area contributed by atoms with Crippen LogP contribution < -0.4 is 4.90 Å². The molecule has 1 aromatic rings. The van der Waals surface area contributed by atoms with E-state index in [9.17, 15) is 5.11 Å². The van der Waals surface area contributed by atoms with Gasteiger partial charge in [-0.3, -0.25) is 4.90 Å². The molecule has 1 N–H and O–H groups in total. The van der Waals surface area contributed by atoms with Crippen molar-refractivity contribution in [3.63, 3.8) is 0 Å². The average molecular weight is 249 g/mol. The number of fused-ring (bicyclic) bond motifs is 1. The lowest BCUT2D eigenvalue weighted by Gasteiger charge is -2.37. The lowest BCUT2D eigenvalue weighted by molar-refractivity contribution is -0.114. The summed E-state index contributed by atoms with van der Waals surface area (Å²) in [5, 5.41) is 10.1. The van der Waals surface area contributed by atoms with Crippen LogP contribution in [0.2, 0.25) is 0 Å². The Morgan fingerprint density at radius 3 is 2.78 bits per heavy atom. The molecule has 2 rings (SSSR count). The first-order valence-electron chi connectivity index (χ1n) is 6.24. The van der Waals surface area contributed by atoms with Gasteiger partial charge in [-0.15, -0.1) is 0 Å². The van der Waals surface area contributed by atoms with Crippen LogP contribution in [0.5, 0.6) is 0 Å². The van der Waals surface area contributed by atoms with E-state index in [0.29, 0.717) is 13.2 Å². The first kappa shape index (κ1) is 13.1. The van der Waals surface area contributed by atoms with Crippen molar-refractivity contribution in [1.29, 1.82) is 0 Å². The van der Waals surface area contributed by atoms with E-state index >= 15 is 0 Å². The normalized spacial score (nSPS) is 19.7. The standard InChI is InChI=1S/C14H19NO3/c1-3-17-13-10-9-11-7-5-6-8-12(11)15(13)14(16)18-4-2/h5-10,13-14,16H,3-4H2,1-2H3. The van der Waals surface area contributed by atoms with Crippen molar-refractivity contribution in [1.82, 2.24) is 0 Å². The summed E-state index contributed by atoms with van der Waals surface area (Å²) in [6, 6.07) is 7.86. The van der Waals surface area contributed by atoms with Crippen molar-refractivity contribution in [3.8, 4) is 0 Å². The number of hydrogen-bond acceptors (Lipinski definition) is 4. The van der Waals surface area contributed by atoms with Crippen LogP contribution in [-0.4, -0.2) is 31.0 Å². The number of anilines is 1. The fraction of sp³-hybridized carbons (Fsp3) is 0.429. The minimum Gasteiger partial charge on any atom is -0.355 e.